The van der Waals surface area contributed by atoms with E-state index in [4.69, 9.17) is 0 Å². The molecule has 0 atom stereocenters. The average molecular weight is 817 g/mol. The molecule has 10 aromatic carbocycles. The van der Waals surface area contributed by atoms with Gasteiger partial charge in [-0.25, -0.2) is 0 Å². The Morgan fingerprint density at radius 2 is 0.703 bits per heavy atom. The number of aryl methyl sites for hydroxylation is 2. The minimum Gasteiger partial charge on any atom is -0.310 e. The normalized spacial score (nSPS) is 10.9. The van der Waals surface area contributed by atoms with Crippen molar-refractivity contribution in [2.75, 3.05) is 9.80 Å². The van der Waals surface area contributed by atoms with Crippen molar-refractivity contribution in [1.29, 1.82) is 21.0 Å². The molecule has 0 spiro atoms. The Kier molecular flexibility index (Phi) is 9.75. The third-order valence-electron chi connectivity index (χ3n) is 12.2. The van der Waals surface area contributed by atoms with E-state index in [1.807, 2.05) is 97.1 Å². The number of nitriles is 4. The van der Waals surface area contributed by atoms with Gasteiger partial charge in [0.2, 0.25) is 0 Å². The van der Waals surface area contributed by atoms with Crippen LogP contribution in [0.15, 0.2) is 182 Å². The number of hydrogen-bond acceptors (Lipinski definition) is 6. The van der Waals surface area contributed by atoms with Crippen LogP contribution in [0.1, 0.15) is 33.4 Å². The molecule has 0 aliphatic heterocycles. The average Bonchev–Trinajstić information content (AvgIpc) is 3.35. The lowest BCUT2D eigenvalue weighted by Crippen LogP contribution is -2.13. The van der Waals surface area contributed by atoms with Gasteiger partial charge in [-0.3, -0.25) is 0 Å². The highest BCUT2D eigenvalue weighted by Crippen LogP contribution is 2.49. The van der Waals surface area contributed by atoms with E-state index < -0.39 is 0 Å². The molecule has 6 heteroatoms. The zero-order valence-electron chi connectivity index (χ0n) is 35.0. The third kappa shape index (κ3) is 6.76. The quantitative estimate of drug-likeness (QED) is 0.142. The molecular weight excluding hydrogens is 781 g/mol. The maximum absolute atomic E-state index is 10.1. The van der Waals surface area contributed by atoms with Crippen LogP contribution in [0.5, 0.6) is 0 Å². The van der Waals surface area contributed by atoms with Gasteiger partial charge in [-0.2, -0.15) is 21.0 Å². The number of benzene rings is 10. The Hall–Kier alpha value is -9.20. The molecule has 6 nitrogen and oxygen atoms in total. The number of hydrogen-bond donors (Lipinski definition) is 0. The summed E-state index contributed by atoms with van der Waals surface area (Å²) in [5.41, 5.74) is 14.0. The predicted octanol–water partition coefficient (Wildman–Crippen LogP) is 15.0. The highest BCUT2D eigenvalue weighted by atomic mass is 15.2. The molecule has 0 amide bonds. The van der Waals surface area contributed by atoms with Gasteiger partial charge in [0, 0.05) is 33.5 Å². The van der Waals surface area contributed by atoms with E-state index in [0.29, 0.717) is 22.3 Å². The molecule has 0 N–H and O–H groups in total. The Morgan fingerprint density at radius 3 is 1.09 bits per heavy atom. The van der Waals surface area contributed by atoms with Crippen molar-refractivity contribution in [2.24, 2.45) is 0 Å². The summed E-state index contributed by atoms with van der Waals surface area (Å²) in [4.78, 5) is 4.52. The van der Waals surface area contributed by atoms with Gasteiger partial charge < -0.3 is 9.80 Å². The van der Waals surface area contributed by atoms with Crippen molar-refractivity contribution < 1.29 is 0 Å². The van der Waals surface area contributed by atoms with E-state index in [1.165, 1.54) is 0 Å². The van der Waals surface area contributed by atoms with Crippen molar-refractivity contribution in [2.45, 2.75) is 13.8 Å². The first-order chi connectivity index (χ1) is 31.3. The van der Waals surface area contributed by atoms with E-state index in [9.17, 15) is 21.0 Å². The van der Waals surface area contributed by atoms with Gasteiger partial charge in [-0.05, 0) is 154 Å². The molecular formula is C58H36N6. The lowest BCUT2D eigenvalue weighted by atomic mass is 9.91. The summed E-state index contributed by atoms with van der Waals surface area (Å²) in [6.07, 6.45) is 0. The monoisotopic (exact) mass is 816 g/mol. The number of rotatable bonds is 8. The van der Waals surface area contributed by atoms with E-state index in [-0.39, 0.29) is 0 Å². The topological polar surface area (TPSA) is 102 Å². The van der Waals surface area contributed by atoms with Crippen LogP contribution in [-0.2, 0) is 0 Å². The smallest absolute Gasteiger partial charge is 0.0992 e. The molecule has 0 saturated heterocycles. The summed E-state index contributed by atoms with van der Waals surface area (Å²) in [6, 6.07) is 70.3. The van der Waals surface area contributed by atoms with Crippen molar-refractivity contribution in [1.82, 2.24) is 0 Å². The molecule has 10 rings (SSSR count). The van der Waals surface area contributed by atoms with E-state index in [2.05, 4.69) is 133 Å². The molecule has 0 fully saturated rings. The molecule has 0 saturated carbocycles. The van der Waals surface area contributed by atoms with Crippen LogP contribution in [0.4, 0.5) is 34.1 Å². The van der Waals surface area contributed by atoms with Crippen LogP contribution in [0.2, 0.25) is 0 Å². The van der Waals surface area contributed by atoms with Crippen LogP contribution in [-0.4, -0.2) is 0 Å². The predicted molar refractivity (Wildman–Crippen MR) is 259 cm³/mol. The van der Waals surface area contributed by atoms with Crippen LogP contribution < -0.4 is 9.80 Å². The van der Waals surface area contributed by atoms with E-state index >= 15 is 0 Å². The highest BCUT2D eigenvalue weighted by Gasteiger charge is 2.24. The van der Waals surface area contributed by atoms with Crippen molar-refractivity contribution in [3.8, 4) is 46.5 Å². The Morgan fingerprint density at radius 1 is 0.328 bits per heavy atom. The van der Waals surface area contributed by atoms with Crippen LogP contribution >= 0.6 is 0 Å². The molecule has 0 bridgehead atoms. The van der Waals surface area contributed by atoms with Gasteiger partial charge in [-0.15, -0.1) is 0 Å². The highest BCUT2D eigenvalue weighted by molar-refractivity contribution is 6.28. The number of nitrogens with zero attached hydrogens (tertiary/aromatic N) is 6. The summed E-state index contributed by atoms with van der Waals surface area (Å²) in [7, 11) is 0. The fourth-order valence-electron chi connectivity index (χ4n) is 8.94. The lowest BCUT2D eigenvalue weighted by Gasteiger charge is -2.31. The van der Waals surface area contributed by atoms with Gasteiger partial charge in [0.1, 0.15) is 0 Å². The molecule has 298 valence electrons. The molecule has 0 aliphatic rings. The standard InChI is InChI=1S/C58H36N6/c1-37-9-15-47(43-17-11-39(33-59)12-18-43)31-55(37)63(49-7-3-5-41(29-49)35-61)53-27-23-45-22-26-52-54(28-24-46-21-25-51(53)57(45)58(46)52)64(50-8-4-6-42(30-50)36-62)56-32-48(16-10-38(56)2)44-19-13-40(34-60)14-20-44/h3-32H,1-2H3. The minimum atomic E-state index is 0.560. The first-order valence-electron chi connectivity index (χ1n) is 20.9. The van der Waals surface area contributed by atoms with Crippen molar-refractivity contribution >= 4 is 66.4 Å². The number of anilines is 6. The maximum atomic E-state index is 10.1. The SMILES string of the molecule is Cc1ccc(-c2ccc(C#N)cc2)cc1N(c1cccc(C#N)c1)c1ccc2ccc3c(N(c4cccc(C#N)c4)c4cc(-c5ccc(C#N)cc5)ccc4C)ccc4ccc1c2c43. The summed E-state index contributed by atoms with van der Waals surface area (Å²) < 4.78 is 0. The second kappa shape index (κ2) is 16.0. The molecule has 0 aromatic heterocycles. The largest absolute Gasteiger partial charge is 0.310 e. The van der Waals surface area contributed by atoms with Gasteiger partial charge in [-0.1, -0.05) is 97.1 Å². The Balaban J connectivity index is 1.21. The fourth-order valence-corrected chi connectivity index (χ4v) is 8.94. The second-order valence-electron chi connectivity index (χ2n) is 16.0. The maximum Gasteiger partial charge on any atom is 0.0992 e. The zero-order chi connectivity index (χ0) is 43.9. The van der Waals surface area contributed by atoms with Crippen molar-refractivity contribution in [3.05, 3.63) is 215 Å². The van der Waals surface area contributed by atoms with Crippen LogP contribution in [0.3, 0.4) is 0 Å². The minimum absolute atomic E-state index is 0.560. The first kappa shape index (κ1) is 39.0. The molecule has 0 heterocycles. The summed E-state index contributed by atoms with van der Waals surface area (Å²) in [5.74, 6) is 0. The van der Waals surface area contributed by atoms with Gasteiger partial charge in [0.05, 0.1) is 57.9 Å². The Labute approximate surface area is 371 Å². The molecule has 0 unspecified atom stereocenters. The summed E-state index contributed by atoms with van der Waals surface area (Å²) in [5, 5.41) is 45.7. The molecule has 64 heavy (non-hydrogen) atoms. The summed E-state index contributed by atoms with van der Waals surface area (Å²) >= 11 is 0. The lowest BCUT2D eigenvalue weighted by molar-refractivity contribution is 1.26. The van der Waals surface area contributed by atoms with Gasteiger partial charge in [0.25, 0.3) is 0 Å². The van der Waals surface area contributed by atoms with Crippen molar-refractivity contribution in [3.63, 3.8) is 0 Å². The first-order valence-corrected chi connectivity index (χ1v) is 20.9. The molecule has 0 radical (unpaired) electrons. The van der Waals surface area contributed by atoms with Gasteiger partial charge >= 0.3 is 0 Å². The Bertz CT molecular complexity index is 3390. The van der Waals surface area contributed by atoms with E-state index in [1.54, 1.807) is 0 Å². The fraction of sp³-hybridized carbons (Fsp3) is 0.0345. The second-order valence-corrected chi connectivity index (χ2v) is 16.0. The molecule has 10 aromatic rings. The summed E-state index contributed by atoms with van der Waals surface area (Å²) in [6.45, 7) is 4.21. The van der Waals surface area contributed by atoms with Crippen LogP contribution in [0.25, 0.3) is 54.6 Å². The zero-order valence-corrected chi connectivity index (χ0v) is 35.0. The van der Waals surface area contributed by atoms with E-state index in [0.717, 1.165) is 99.8 Å². The van der Waals surface area contributed by atoms with Gasteiger partial charge in [0.15, 0.2) is 0 Å². The third-order valence-corrected chi connectivity index (χ3v) is 12.2. The molecule has 0 aliphatic carbocycles. The van der Waals surface area contributed by atoms with Crippen LogP contribution in [0, 0.1) is 59.2 Å².